The fourth-order valence-electron chi connectivity index (χ4n) is 2.17. The van der Waals surface area contributed by atoms with Crippen LogP contribution in [0.25, 0.3) is 0 Å². The van der Waals surface area contributed by atoms with E-state index in [1.807, 2.05) is 0 Å². The predicted octanol–water partition coefficient (Wildman–Crippen LogP) is 2.65. The number of rotatable bonds is 1. The van der Waals surface area contributed by atoms with Crippen LogP contribution in [0.2, 0.25) is 0 Å². The van der Waals surface area contributed by atoms with Crippen molar-refractivity contribution >= 4 is 12.1 Å². The molecule has 0 radical (unpaired) electrons. The Bertz CT molecular complexity index is 389. The summed E-state index contributed by atoms with van der Waals surface area (Å²) in [6.45, 7) is 4.63. The van der Waals surface area contributed by atoms with Crippen molar-refractivity contribution in [1.29, 1.82) is 0 Å². The smallest absolute Gasteiger partial charge is 0.411 e. The number of carbonyl (C=O) groups excluding carboxylic acids is 1. The lowest BCUT2D eigenvalue weighted by Crippen LogP contribution is -2.57. The molecule has 0 bridgehead atoms. The number of piperidine rings is 1. The quantitative estimate of drug-likeness (QED) is 0.808. The Morgan fingerprint density at radius 2 is 1.80 bits per heavy atom. The Morgan fingerprint density at radius 3 is 2.20 bits per heavy atom. The molecule has 0 spiro atoms. The molecule has 0 aromatic carbocycles. The second kappa shape index (κ2) is 5.49. The number of hydrogen-bond donors (Lipinski definition) is 1. The number of carboxylic acids is 1. The maximum Gasteiger partial charge on any atom is 0.411 e. The van der Waals surface area contributed by atoms with Crippen molar-refractivity contribution in [3.05, 3.63) is 0 Å². The maximum absolute atomic E-state index is 12.9. The molecule has 1 heterocycles. The molecule has 1 saturated heterocycles. The van der Waals surface area contributed by atoms with Gasteiger partial charge in [-0.05, 0) is 33.6 Å². The average Bonchev–Trinajstić information content (AvgIpc) is 2.24. The van der Waals surface area contributed by atoms with E-state index in [-0.39, 0.29) is 19.4 Å². The molecule has 5 nitrogen and oxygen atoms in total. The molecule has 2 atom stereocenters. The zero-order chi connectivity index (χ0) is 15.7. The lowest BCUT2D eigenvalue weighted by molar-refractivity contribution is -0.205. The number of hydrogen-bond acceptors (Lipinski definition) is 3. The molecule has 1 aliphatic rings. The molecule has 1 rings (SSSR count). The molecule has 0 aromatic heterocycles. The summed E-state index contributed by atoms with van der Waals surface area (Å²) in [6.07, 6.45) is -5.91. The standard InChI is InChI=1S/C12H18F3NO4/c1-11(2,3)20-10(19)16-6-4-5-7(12(13,14)15)8(16)9(17)18/h7-8H,4-6H2,1-3H3,(H,17,18)/t7-,8+/m1/s1. The van der Waals surface area contributed by atoms with E-state index < -0.39 is 35.8 Å². The zero-order valence-corrected chi connectivity index (χ0v) is 11.5. The van der Waals surface area contributed by atoms with Gasteiger partial charge in [0.1, 0.15) is 11.6 Å². The number of halogens is 3. The summed E-state index contributed by atoms with van der Waals surface area (Å²) >= 11 is 0. The number of carbonyl (C=O) groups is 2. The van der Waals surface area contributed by atoms with Crippen LogP contribution in [0.3, 0.4) is 0 Å². The Hall–Kier alpha value is -1.47. The summed E-state index contributed by atoms with van der Waals surface area (Å²) in [5.41, 5.74) is -0.898. The van der Waals surface area contributed by atoms with Gasteiger partial charge in [-0.25, -0.2) is 9.59 Å². The third kappa shape index (κ3) is 4.01. The summed E-state index contributed by atoms with van der Waals surface area (Å²) in [5, 5.41) is 9.04. The van der Waals surface area contributed by atoms with E-state index in [1.54, 1.807) is 20.8 Å². The van der Waals surface area contributed by atoms with Crippen molar-refractivity contribution in [3.63, 3.8) is 0 Å². The summed E-state index contributed by atoms with van der Waals surface area (Å²) in [7, 11) is 0. The first-order valence-corrected chi connectivity index (χ1v) is 6.22. The minimum Gasteiger partial charge on any atom is -0.480 e. The fraction of sp³-hybridized carbons (Fsp3) is 0.833. The molecule has 116 valence electrons. The molecular formula is C12H18F3NO4. The number of aliphatic carboxylic acids is 1. The summed E-state index contributed by atoms with van der Waals surface area (Å²) in [6, 6.07) is -1.93. The van der Waals surface area contributed by atoms with Gasteiger partial charge in [0.05, 0.1) is 5.92 Å². The zero-order valence-electron chi connectivity index (χ0n) is 11.5. The van der Waals surface area contributed by atoms with E-state index in [1.165, 1.54) is 0 Å². The first-order chi connectivity index (χ1) is 8.93. The molecule has 0 unspecified atom stereocenters. The molecule has 20 heavy (non-hydrogen) atoms. The first-order valence-electron chi connectivity index (χ1n) is 6.22. The third-order valence-corrected chi connectivity index (χ3v) is 2.93. The molecule has 1 amide bonds. The van der Waals surface area contributed by atoms with E-state index in [9.17, 15) is 22.8 Å². The van der Waals surface area contributed by atoms with Crippen LogP contribution < -0.4 is 0 Å². The highest BCUT2D eigenvalue weighted by Gasteiger charge is 2.53. The minimum atomic E-state index is -4.66. The number of alkyl halides is 3. The van der Waals surface area contributed by atoms with Gasteiger partial charge >= 0.3 is 18.2 Å². The van der Waals surface area contributed by atoms with Crippen LogP contribution in [-0.4, -0.2) is 46.4 Å². The Labute approximate surface area is 114 Å². The van der Waals surface area contributed by atoms with Gasteiger partial charge in [0.2, 0.25) is 0 Å². The van der Waals surface area contributed by atoms with Crippen LogP contribution in [0.4, 0.5) is 18.0 Å². The highest BCUT2D eigenvalue weighted by atomic mass is 19.4. The molecule has 8 heteroatoms. The summed E-state index contributed by atoms with van der Waals surface area (Å²) in [4.78, 5) is 23.7. The van der Waals surface area contributed by atoms with Gasteiger partial charge in [-0.1, -0.05) is 0 Å². The van der Waals surface area contributed by atoms with Gasteiger partial charge < -0.3 is 9.84 Å². The number of ether oxygens (including phenoxy) is 1. The fourth-order valence-corrected chi connectivity index (χ4v) is 2.17. The van der Waals surface area contributed by atoms with Crippen LogP contribution in [0.15, 0.2) is 0 Å². The summed E-state index contributed by atoms with van der Waals surface area (Å²) in [5.74, 6) is -3.74. The van der Waals surface area contributed by atoms with Crippen LogP contribution >= 0.6 is 0 Å². The van der Waals surface area contributed by atoms with Crippen molar-refractivity contribution in [2.75, 3.05) is 6.54 Å². The number of carboxylic acid groups (broad SMARTS) is 1. The molecule has 0 aromatic rings. The SMILES string of the molecule is CC(C)(C)OC(=O)N1CCC[C@@H](C(F)(F)F)[C@H]1C(=O)O. The Balaban J connectivity index is 2.99. The predicted molar refractivity (Wildman–Crippen MR) is 63.1 cm³/mol. The first kappa shape index (κ1) is 16.6. The second-order valence-corrected chi connectivity index (χ2v) is 5.75. The van der Waals surface area contributed by atoms with Crippen molar-refractivity contribution in [1.82, 2.24) is 4.90 Å². The minimum absolute atomic E-state index is 0.0571. The van der Waals surface area contributed by atoms with Crippen molar-refractivity contribution in [2.24, 2.45) is 5.92 Å². The lowest BCUT2D eigenvalue weighted by Gasteiger charge is -2.39. The van der Waals surface area contributed by atoms with Crippen LogP contribution in [0.1, 0.15) is 33.6 Å². The third-order valence-electron chi connectivity index (χ3n) is 2.93. The number of amides is 1. The lowest BCUT2D eigenvalue weighted by atomic mass is 9.89. The van der Waals surface area contributed by atoms with E-state index in [4.69, 9.17) is 9.84 Å². The van der Waals surface area contributed by atoms with Crippen molar-refractivity contribution in [3.8, 4) is 0 Å². The molecular weight excluding hydrogens is 279 g/mol. The van der Waals surface area contributed by atoms with E-state index in [2.05, 4.69) is 0 Å². The van der Waals surface area contributed by atoms with Gasteiger partial charge in [-0.15, -0.1) is 0 Å². The molecule has 1 N–H and O–H groups in total. The molecule has 1 fully saturated rings. The molecule has 0 saturated carbocycles. The van der Waals surface area contributed by atoms with E-state index >= 15 is 0 Å². The van der Waals surface area contributed by atoms with E-state index in [0.717, 1.165) is 0 Å². The Kier molecular flexibility index (Phi) is 4.55. The second-order valence-electron chi connectivity index (χ2n) is 5.75. The topological polar surface area (TPSA) is 66.8 Å². The molecule has 0 aliphatic carbocycles. The highest BCUT2D eigenvalue weighted by molar-refractivity contribution is 5.81. The monoisotopic (exact) mass is 297 g/mol. The largest absolute Gasteiger partial charge is 0.480 e. The van der Waals surface area contributed by atoms with Gasteiger partial charge in [0, 0.05) is 6.54 Å². The molecule has 1 aliphatic heterocycles. The number of nitrogens with zero attached hydrogens (tertiary/aromatic N) is 1. The van der Waals surface area contributed by atoms with Crippen molar-refractivity contribution < 1.29 is 32.6 Å². The number of likely N-dealkylation sites (tertiary alicyclic amines) is 1. The maximum atomic E-state index is 12.9. The van der Waals surface area contributed by atoms with E-state index in [0.29, 0.717) is 4.90 Å². The average molecular weight is 297 g/mol. The van der Waals surface area contributed by atoms with Crippen LogP contribution in [0, 0.1) is 5.92 Å². The van der Waals surface area contributed by atoms with Gasteiger partial charge in [-0.3, -0.25) is 4.90 Å². The van der Waals surface area contributed by atoms with Crippen LogP contribution in [0.5, 0.6) is 0 Å². The highest BCUT2D eigenvalue weighted by Crippen LogP contribution is 2.38. The Morgan fingerprint density at radius 1 is 1.25 bits per heavy atom. The summed E-state index contributed by atoms with van der Waals surface area (Å²) < 4.78 is 43.6. The van der Waals surface area contributed by atoms with Crippen LogP contribution in [-0.2, 0) is 9.53 Å². The normalized spacial score (nSPS) is 24.4. The van der Waals surface area contributed by atoms with Gasteiger partial charge in [-0.2, -0.15) is 13.2 Å². The van der Waals surface area contributed by atoms with Gasteiger partial charge in [0.25, 0.3) is 0 Å². The van der Waals surface area contributed by atoms with Gasteiger partial charge in [0.15, 0.2) is 0 Å². The van der Waals surface area contributed by atoms with Crippen molar-refractivity contribution in [2.45, 2.75) is 51.4 Å².